The SMILES string of the molecule is C[C@H]1CCC[C@H]1n1c(=O)c(OC(F)F)cc2cnc(NC3CCN(S(=O)(=O)CCC#N)CC3)nc21. The van der Waals surface area contributed by atoms with Crippen LogP contribution in [0.1, 0.15) is 51.5 Å². The molecule has 0 bridgehead atoms. The number of nitrogens with zero attached hydrogens (tertiary/aromatic N) is 5. The second-order valence-electron chi connectivity index (χ2n) is 9.05. The largest absolute Gasteiger partial charge is 0.429 e. The molecule has 1 aliphatic carbocycles. The highest BCUT2D eigenvalue weighted by Gasteiger charge is 2.30. The Labute approximate surface area is 202 Å². The maximum absolute atomic E-state index is 13.1. The quantitative estimate of drug-likeness (QED) is 0.574. The van der Waals surface area contributed by atoms with E-state index in [2.05, 4.69) is 20.0 Å². The Morgan fingerprint density at radius 3 is 2.66 bits per heavy atom. The van der Waals surface area contributed by atoms with E-state index in [1.807, 2.05) is 13.0 Å². The molecule has 1 aliphatic heterocycles. The molecular formula is C22H28F2N6O4S. The maximum Gasteiger partial charge on any atom is 0.387 e. The van der Waals surface area contributed by atoms with Gasteiger partial charge in [0.1, 0.15) is 5.65 Å². The zero-order chi connectivity index (χ0) is 25.2. The average Bonchev–Trinajstić information content (AvgIpc) is 3.24. The highest BCUT2D eigenvalue weighted by Crippen LogP contribution is 2.36. The summed E-state index contributed by atoms with van der Waals surface area (Å²) < 4.78 is 57.8. The van der Waals surface area contributed by atoms with Crippen molar-refractivity contribution in [3.05, 3.63) is 22.6 Å². The summed E-state index contributed by atoms with van der Waals surface area (Å²) in [5.74, 6) is -0.161. The smallest absolute Gasteiger partial charge is 0.387 e. The molecule has 2 aromatic rings. The van der Waals surface area contributed by atoms with Crippen LogP contribution in [-0.4, -0.2) is 58.8 Å². The average molecular weight is 511 g/mol. The lowest BCUT2D eigenvalue weighted by atomic mass is 10.1. The second kappa shape index (κ2) is 10.4. The van der Waals surface area contributed by atoms with E-state index in [0.29, 0.717) is 37.0 Å². The number of ether oxygens (including phenoxy) is 1. The van der Waals surface area contributed by atoms with Crippen LogP contribution in [0.3, 0.4) is 0 Å². The fourth-order valence-electron chi connectivity index (χ4n) is 4.93. The summed E-state index contributed by atoms with van der Waals surface area (Å²) in [5, 5.41) is 12.3. The Morgan fingerprint density at radius 1 is 1.29 bits per heavy atom. The minimum atomic E-state index is -3.46. The molecule has 2 aromatic heterocycles. The van der Waals surface area contributed by atoms with Crippen LogP contribution in [0.25, 0.3) is 11.0 Å². The number of halogens is 2. The Bertz CT molecular complexity index is 1270. The van der Waals surface area contributed by atoms with Gasteiger partial charge in [-0.1, -0.05) is 13.3 Å². The van der Waals surface area contributed by atoms with Gasteiger partial charge >= 0.3 is 6.61 Å². The molecule has 2 atom stereocenters. The molecule has 190 valence electrons. The number of anilines is 1. The first-order valence-corrected chi connectivity index (χ1v) is 13.3. The molecule has 0 aromatic carbocycles. The van der Waals surface area contributed by atoms with E-state index in [1.165, 1.54) is 21.1 Å². The molecule has 1 saturated heterocycles. The van der Waals surface area contributed by atoms with Crippen molar-refractivity contribution in [1.82, 2.24) is 18.8 Å². The summed E-state index contributed by atoms with van der Waals surface area (Å²) >= 11 is 0. The molecule has 13 heteroatoms. The molecule has 0 amide bonds. The van der Waals surface area contributed by atoms with Crippen LogP contribution in [0.15, 0.2) is 17.1 Å². The van der Waals surface area contributed by atoms with Gasteiger partial charge in [0.2, 0.25) is 16.0 Å². The molecule has 0 radical (unpaired) electrons. The summed E-state index contributed by atoms with van der Waals surface area (Å²) in [6.07, 6.45) is 5.06. The van der Waals surface area contributed by atoms with Gasteiger partial charge < -0.3 is 10.1 Å². The molecular weight excluding hydrogens is 482 g/mol. The molecule has 0 unspecified atom stereocenters. The van der Waals surface area contributed by atoms with Gasteiger partial charge in [-0.05, 0) is 37.7 Å². The van der Waals surface area contributed by atoms with Gasteiger partial charge in [0.05, 0.1) is 18.2 Å². The minimum absolute atomic E-state index is 0.0448. The highest BCUT2D eigenvalue weighted by atomic mass is 32.2. The van der Waals surface area contributed by atoms with Crippen molar-refractivity contribution in [2.24, 2.45) is 5.92 Å². The number of rotatable bonds is 8. The maximum atomic E-state index is 13.1. The Balaban J connectivity index is 1.58. The van der Waals surface area contributed by atoms with E-state index >= 15 is 0 Å². The van der Waals surface area contributed by atoms with Gasteiger partial charge in [-0.25, -0.2) is 17.7 Å². The van der Waals surface area contributed by atoms with Crippen LogP contribution in [0.2, 0.25) is 0 Å². The molecule has 1 N–H and O–H groups in total. The van der Waals surface area contributed by atoms with E-state index in [1.54, 1.807) is 0 Å². The fraction of sp³-hybridized carbons (Fsp3) is 0.636. The number of hydrogen-bond acceptors (Lipinski definition) is 8. The number of nitriles is 1. The Kier molecular flexibility index (Phi) is 7.51. The second-order valence-corrected chi connectivity index (χ2v) is 11.1. The summed E-state index contributed by atoms with van der Waals surface area (Å²) in [6, 6.07) is 2.84. The van der Waals surface area contributed by atoms with Crippen LogP contribution in [0.5, 0.6) is 5.75 Å². The van der Waals surface area contributed by atoms with Crippen LogP contribution < -0.4 is 15.6 Å². The molecule has 1 saturated carbocycles. The number of sulfonamides is 1. The van der Waals surface area contributed by atoms with Crippen molar-refractivity contribution in [2.45, 2.75) is 64.1 Å². The summed E-state index contributed by atoms with van der Waals surface area (Å²) in [6.45, 7) is -0.462. The minimum Gasteiger partial charge on any atom is -0.429 e. The zero-order valence-corrected chi connectivity index (χ0v) is 20.2. The lowest BCUT2D eigenvalue weighted by molar-refractivity contribution is -0.0510. The van der Waals surface area contributed by atoms with Crippen LogP contribution >= 0.6 is 0 Å². The predicted octanol–water partition coefficient (Wildman–Crippen LogP) is 2.87. The van der Waals surface area contributed by atoms with Crippen molar-refractivity contribution in [3.8, 4) is 11.8 Å². The Hall–Kier alpha value is -2.85. The molecule has 2 aliphatic rings. The standard InChI is InChI=1S/C22H28F2N6O4S/c1-14-4-2-5-17(14)30-19-15(12-18(20(30)31)34-21(23)24)13-26-22(28-19)27-16-6-9-29(10-7-16)35(32,33)11-3-8-25/h12-14,16-17,21H,2-7,9-11H2,1H3,(H,26,27,28)/t14-,17+/m0/s1. The molecule has 35 heavy (non-hydrogen) atoms. The number of aromatic nitrogens is 3. The third-order valence-corrected chi connectivity index (χ3v) is 8.63. The van der Waals surface area contributed by atoms with Gasteiger partial charge in [-0.2, -0.15) is 19.0 Å². The summed E-state index contributed by atoms with van der Waals surface area (Å²) in [7, 11) is -3.46. The number of nitrogens with one attached hydrogen (secondary N) is 1. The highest BCUT2D eigenvalue weighted by molar-refractivity contribution is 7.89. The van der Waals surface area contributed by atoms with Gasteiger partial charge in [0, 0.05) is 36.8 Å². The van der Waals surface area contributed by atoms with Gasteiger partial charge in [-0.15, -0.1) is 0 Å². The van der Waals surface area contributed by atoms with Crippen molar-refractivity contribution >= 4 is 27.0 Å². The first-order chi connectivity index (χ1) is 16.7. The lowest BCUT2D eigenvalue weighted by Crippen LogP contribution is -2.43. The monoisotopic (exact) mass is 510 g/mol. The zero-order valence-electron chi connectivity index (χ0n) is 19.4. The number of alkyl halides is 2. The molecule has 2 fully saturated rings. The first kappa shape index (κ1) is 25.2. The van der Waals surface area contributed by atoms with Crippen molar-refractivity contribution in [1.29, 1.82) is 5.26 Å². The molecule has 10 nitrogen and oxygen atoms in total. The molecule has 4 rings (SSSR count). The summed E-state index contributed by atoms with van der Waals surface area (Å²) in [5.41, 5.74) is -0.290. The van der Waals surface area contributed by atoms with E-state index in [-0.39, 0.29) is 36.1 Å². The van der Waals surface area contributed by atoms with Crippen LogP contribution in [0, 0.1) is 17.2 Å². The predicted molar refractivity (Wildman–Crippen MR) is 125 cm³/mol. The van der Waals surface area contributed by atoms with Crippen molar-refractivity contribution < 1.29 is 21.9 Å². The van der Waals surface area contributed by atoms with Gasteiger partial charge in [0.25, 0.3) is 5.56 Å². The molecule has 0 spiro atoms. The first-order valence-electron chi connectivity index (χ1n) is 11.7. The number of pyridine rings is 1. The number of fused-ring (bicyclic) bond motifs is 1. The van der Waals surface area contributed by atoms with Crippen molar-refractivity contribution in [3.63, 3.8) is 0 Å². The van der Waals surface area contributed by atoms with E-state index in [0.717, 1.165) is 19.3 Å². The van der Waals surface area contributed by atoms with E-state index in [9.17, 15) is 22.0 Å². The third-order valence-electron chi connectivity index (χ3n) is 6.76. The lowest BCUT2D eigenvalue weighted by Gasteiger charge is -2.31. The number of hydrogen-bond donors (Lipinski definition) is 1. The van der Waals surface area contributed by atoms with E-state index < -0.39 is 27.9 Å². The summed E-state index contributed by atoms with van der Waals surface area (Å²) in [4.78, 5) is 22.0. The fourth-order valence-corrected chi connectivity index (χ4v) is 6.30. The Morgan fingerprint density at radius 2 is 2.03 bits per heavy atom. The normalized spacial score (nSPS) is 21.9. The molecule has 3 heterocycles. The van der Waals surface area contributed by atoms with Crippen LogP contribution in [0.4, 0.5) is 14.7 Å². The van der Waals surface area contributed by atoms with Gasteiger partial charge in [0.15, 0.2) is 5.75 Å². The van der Waals surface area contributed by atoms with Crippen molar-refractivity contribution in [2.75, 3.05) is 24.2 Å². The van der Waals surface area contributed by atoms with Crippen LogP contribution in [-0.2, 0) is 10.0 Å². The number of piperidine rings is 1. The van der Waals surface area contributed by atoms with Gasteiger partial charge in [-0.3, -0.25) is 9.36 Å². The van der Waals surface area contributed by atoms with E-state index in [4.69, 9.17) is 5.26 Å². The third kappa shape index (κ3) is 5.54. The topological polar surface area (TPSA) is 130 Å².